The molecule has 0 bridgehead atoms. The predicted octanol–water partition coefficient (Wildman–Crippen LogP) is 0.393. The van der Waals surface area contributed by atoms with Crippen molar-refractivity contribution in [1.82, 2.24) is 15.1 Å². The molecule has 1 fully saturated rings. The highest BCUT2D eigenvalue weighted by Gasteiger charge is 2.35. The maximum absolute atomic E-state index is 11.6. The topological polar surface area (TPSA) is 96.0 Å². The summed E-state index contributed by atoms with van der Waals surface area (Å²) in [5.74, 6) is -1.80. The number of carbonyl (C=O) groups excluding carboxylic acids is 4. The largest absolute Gasteiger partial charge is 0.454 e. The number of urea groups is 1. The monoisotopic (exact) mass is 353 g/mol. The molecular formula is C15H16ClN3O5. The van der Waals surface area contributed by atoms with Crippen LogP contribution in [0, 0.1) is 0 Å². The summed E-state index contributed by atoms with van der Waals surface area (Å²) >= 11 is 5.76. The van der Waals surface area contributed by atoms with Crippen LogP contribution in [0.3, 0.4) is 0 Å². The van der Waals surface area contributed by atoms with Gasteiger partial charge >= 0.3 is 12.0 Å². The average molecular weight is 354 g/mol. The number of halogens is 1. The van der Waals surface area contributed by atoms with Crippen LogP contribution in [0.25, 0.3) is 0 Å². The van der Waals surface area contributed by atoms with E-state index in [1.54, 1.807) is 24.3 Å². The minimum Gasteiger partial charge on any atom is -0.454 e. The van der Waals surface area contributed by atoms with Crippen molar-refractivity contribution < 1.29 is 23.9 Å². The van der Waals surface area contributed by atoms with Crippen LogP contribution >= 0.6 is 11.6 Å². The molecule has 1 aromatic rings. The van der Waals surface area contributed by atoms with Crippen LogP contribution in [0.1, 0.15) is 5.56 Å². The molecule has 1 heterocycles. The number of amides is 4. The summed E-state index contributed by atoms with van der Waals surface area (Å²) < 4.78 is 4.77. The van der Waals surface area contributed by atoms with Gasteiger partial charge in [0.15, 0.2) is 6.61 Å². The number of hydrogen-bond donors (Lipinski definition) is 1. The lowest BCUT2D eigenvalue weighted by atomic mass is 10.2. The van der Waals surface area contributed by atoms with Crippen molar-refractivity contribution in [2.45, 2.75) is 6.54 Å². The highest BCUT2D eigenvalue weighted by Crippen LogP contribution is 2.09. The van der Waals surface area contributed by atoms with Crippen molar-refractivity contribution in [2.24, 2.45) is 0 Å². The molecule has 1 N–H and O–H groups in total. The highest BCUT2D eigenvalue weighted by atomic mass is 35.5. The lowest BCUT2D eigenvalue weighted by Gasteiger charge is -2.13. The van der Waals surface area contributed by atoms with Gasteiger partial charge in [-0.2, -0.15) is 0 Å². The average Bonchev–Trinajstić information content (AvgIpc) is 2.78. The summed E-state index contributed by atoms with van der Waals surface area (Å²) in [6.07, 6.45) is 0. The first kappa shape index (κ1) is 17.7. The predicted molar refractivity (Wildman–Crippen MR) is 84.0 cm³/mol. The molecule has 0 unspecified atom stereocenters. The SMILES string of the molecule is CN1CC(=O)N(CC(=O)OCC(=O)NCc2ccc(Cl)cc2)C1=O. The third-order valence-electron chi connectivity index (χ3n) is 3.29. The molecule has 0 saturated carbocycles. The molecule has 0 atom stereocenters. The number of carbonyl (C=O) groups is 4. The first-order valence-electron chi connectivity index (χ1n) is 7.09. The van der Waals surface area contributed by atoms with Crippen molar-refractivity contribution in [3.63, 3.8) is 0 Å². The zero-order valence-electron chi connectivity index (χ0n) is 13.0. The molecule has 9 heteroatoms. The normalized spacial score (nSPS) is 14.1. The Bertz CT molecular complexity index is 662. The first-order valence-corrected chi connectivity index (χ1v) is 7.47. The third-order valence-corrected chi connectivity index (χ3v) is 3.54. The van der Waals surface area contributed by atoms with Gasteiger partial charge in [0.2, 0.25) is 0 Å². The van der Waals surface area contributed by atoms with Gasteiger partial charge in [-0.1, -0.05) is 23.7 Å². The van der Waals surface area contributed by atoms with E-state index in [1.165, 1.54) is 11.9 Å². The van der Waals surface area contributed by atoms with E-state index in [1.807, 2.05) is 0 Å². The van der Waals surface area contributed by atoms with E-state index in [2.05, 4.69) is 5.32 Å². The van der Waals surface area contributed by atoms with Gasteiger partial charge in [-0.3, -0.25) is 19.3 Å². The van der Waals surface area contributed by atoms with E-state index in [-0.39, 0.29) is 13.1 Å². The van der Waals surface area contributed by atoms with Crippen molar-refractivity contribution in [3.8, 4) is 0 Å². The summed E-state index contributed by atoms with van der Waals surface area (Å²) in [5, 5.41) is 3.17. The minimum absolute atomic E-state index is 0.0757. The molecular weight excluding hydrogens is 338 g/mol. The number of nitrogens with one attached hydrogen (secondary N) is 1. The molecule has 0 aromatic heterocycles. The van der Waals surface area contributed by atoms with E-state index in [0.29, 0.717) is 5.02 Å². The Morgan fingerprint density at radius 3 is 2.50 bits per heavy atom. The van der Waals surface area contributed by atoms with Crippen molar-refractivity contribution >= 4 is 35.4 Å². The van der Waals surface area contributed by atoms with Gasteiger partial charge in [0.25, 0.3) is 11.8 Å². The maximum Gasteiger partial charge on any atom is 0.327 e. The number of rotatable bonds is 6. The van der Waals surface area contributed by atoms with Gasteiger partial charge in [-0.15, -0.1) is 0 Å². The molecule has 1 aromatic carbocycles. The molecule has 2 rings (SSSR count). The molecule has 1 saturated heterocycles. The Morgan fingerprint density at radius 1 is 1.25 bits per heavy atom. The Balaban J connectivity index is 1.71. The van der Waals surface area contributed by atoms with E-state index < -0.39 is 37.0 Å². The van der Waals surface area contributed by atoms with E-state index in [4.69, 9.17) is 16.3 Å². The standard InChI is InChI=1S/C15H16ClN3O5/c1-18-7-13(21)19(15(18)23)8-14(22)24-9-12(20)17-6-10-2-4-11(16)5-3-10/h2-5H,6-9H2,1H3,(H,17,20). The molecule has 24 heavy (non-hydrogen) atoms. The molecule has 8 nitrogen and oxygen atoms in total. The van der Waals surface area contributed by atoms with Gasteiger partial charge < -0.3 is 15.0 Å². The maximum atomic E-state index is 11.6. The minimum atomic E-state index is -0.825. The number of nitrogens with zero attached hydrogens (tertiary/aromatic N) is 2. The summed E-state index contributed by atoms with van der Waals surface area (Å²) in [6, 6.07) is 6.35. The summed E-state index contributed by atoms with van der Waals surface area (Å²) in [7, 11) is 1.45. The third kappa shape index (κ3) is 4.69. The van der Waals surface area contributed by atoms with Crippen molar-refractivity contribution in [2.75, 3.05) is 26.7 Å². The van der Waals surface area contributed by atoms with Gasteiger partial charge in [0, 0.05) is 18.6 Å². The summed E-state index contributed by atoms with van der Waals surface area (Å²) in [6.45, 7) is -0.805. The molecule has 1 aliphatic heterocycles. The fourth-order valence-corrected chi connectivity index (χ4v) is 2.13. The van der Waals surface area contributed by atoms with Crippen LogP contribution in [0.5, 0.6) is 0 Å². The second-order valence-electron chi connectivity index (χ2n) is 5.18. The van der Waals surface area contributed by atoms with Crippen LogP contribution in [0.15, 0.2) is 24.3 Å². The molecule has 0 aliphatic carbocycles. The molecule has 128 valence electrons. The molecule has 4 amide bonds. The summed E-state index contributed by atoms with van der Waals surface area (Å²) in [5.41, 5.74) is 0.843. The van der Waals surface area contributed by atoms with Crippen LogP contribution in [-0.2, 0) is 25.7 Å². The summed E-state index contributed by atoms with van der Waals surface area (Å²) in [4.78, 5) is 48.4. The van der Waals surface area contributed by atoms with E-state index in [9.17, 15) is 19.2 Å². The van der Waals surface area contributed by atoms with Gasteiger partial charge in [-0.05, 0) is 17.7 Å². The second kappa shape index (κ2) is 7.78. The van der Waals surface area contributed by atoms with Crippen molar-refractivity contribution in [1.29, 1.82) is 0 Å². The second-order valence-corrected chi connectivity index (χ2v) is 5.62. The van der Waals surface area contributed by atoms with Gasteiger partial charge in [0.1, 0.15) is 13.1 Å². The lowest BCUT2D eigenvalue weighted by molar-refractivity contribution is -0.150. The quantitative estimate of drug-likeness (QED) is 0.589. The zero-order valence-corrected chi connectivity index (χ0v) is 13.7. The van der Waals surface area contributed by atoms with E-state index >= 15 is 0 Å². The first-order chi connectivity index (χ1) is 11.4. The van der Waals surface area contributed by atoms with Gasteiger partial charge in [0.05, 0.1) is 0 Å². The molecule has 0 radical (unpaired) electrons. The Labute approximate surface area is 143 Å². The number of benzene rings is 1. The van der Waals surface area contributed by atoms with Crippen LogP contribution in [0.2, 0.25) is 5.02 Å². The smallest absolute Gasteiger partial charge is 0.327 e. The van der Waals surface area contributed by atoms with Gasteiger partial charge in [-0.25, -0.2) is 4.79 Å². The highest BCUT2D eigenvalue weighted by molar-refractivity contribution is 6.30. The fourth-order valence-electron chi connectivity index (χ4n) is 2.00. The number of likely N-dealkylation sites (N-methyl/N-ethyl adjacent to an activating group) is 1. The van der Waals surface area contributed by atoms with Crippen LogP contribution in [0.4, 0.5) is 4.79 Å². The van der Waals surface area contributed by atoms with Crippen LogP contribution in [-0.4, -0.2) is 60.4 Å². The zero-order chi connectivity index (χ0) is 17.7. The molecule has 0 spiro atoms. The lowest BCUT2D eigenvalue weighted by Crippen LogP contribution is -2.38. The number of ether oxygens (including phenoxy) is 1. The number of imide groups is 1. The van der Waals surface area contributed by atoms with Crippen molar-refractivity contribution in [3.05, 3.63) is 34.9 Å². The Hall–Kier alpha value is -2.61. The number of hydrogen-bond acceptors (Lipinski definition) is 5. The van der Waals surface area contributed by atoms with E-state index in [0.717, 1.165) is 10.5 Å². The number of esters is 1. The molecule has 1 aliphatic rings. The Kier molecular flexibility index (Phi) is 5.75. The Morgan fingerprint density at radius 2 is 1.92 bits per heavy atom. The van der Waals surface area contributed by atoms with Crippen LogP contribution < -0.4 is 5.32 Å². The fraction of sp³-hybridized carbons (Fsp3) is 0.333.